The van der Waals surface area contributed by atoms with Gasteiger partial charge in [0.25, 0.3) is 0 Å². The van der Waals surface area contributed by atoms with Crippen molar-refractivity contribution in [3.05, 3.63) is 23.0 Å². The molecule has 2 aromatic rings. The van der Waals surface area contributed by atoms with E-state index in [9.17, 15) is 8.42 Å². The molecule has 22 heavy (non-hydrogen) atoms. The lowest BCUT2D eigenvalue weighted by Gasteiger charge is -2.27. The first-order valence-electron chi connectivity index (χ1n) is 6.90. The minimum Gasteiger partial charge on any atom is -0.379 e. The zero-order valence-electron chi connectivity index (χ0n) is 12.2. The molecule has 1 aromatic carbocycles. The van der Waals surface area contributed by atoms with Crippen molar-refractivity contribution in [1.29, 1.82) is 0 Å². The molecule has 0 bridgehead atoms. The second-order valence-corrected chi connectivity index (χ2v) is 7.26. The van der Waals surface area contributed by atoms with Gasteiger partial charge in [-0.2, -0.15) is 0 Å². The Labute approximate surface area is 133 Å². The quantitative estimate of drug-likeness (QED) is 0.828. The van der Waals surface area contributed by atoms with Crippen molar-refractivity contribution < 1.29 is 13.2 Å². The molecule has 0 atom stereocenters. The summed E-state index contributed by atoms with van der Waals surface area (Å²) < 4.78 is 33.0. The third-order valence-corrected chi connectivity index (χ3v) is 5.30. The highest BCUT2D eigenvalue weighted by Gasteiger charge is 2.17. The molecule has 1 aliphatic rings. The molecule has 7 nitrogen and oxygen atoms in total. The monoisotopic (exact) mass is 342 g/mol. The first kappa shape index (κ1) is 15.6. The van der Waals surface area contributed by atoms with Gasteiger partial charge >= 0.3 is 0 Å². The smallest absolute Gasteiger partial charge is 0.238 e. The first-order valence-corrected chi connectivity index (χ1v) is 8.85. The Morgan fingerprint density at radius 2 is 1.95 bits per heavy atom. The van der Waals surface area contributed by atoms with E-state index in [1.54, 1.807) is 12.1 Å². The lowest BCUT2D eigenvalue weighted by molar-refractivity contribution is 0.0238. The molecular weight excluding hydrogens is 324 g/mol. The van der Waals surface area contributed by atoms with Gasteiger partial charge in [0.05, 0.1) is 35.8 Å². The molecule has 0 unspecified atom stereocenters. The Bertz CT molecular complexity index is 863. The van der Waals surface area contributed by atoms with Crippen LogP contribution in [0.15, 0.2) is 23.1 Å². The number of morpholine rings is 1. The molecule has 2 heterocycles. The highest BCUT2D eigenvalue weighted by Crippen LogP contribution is 2.21. The number of benzene rings is 1. The van der Waals surface area contributed by atoms with E-state index in [0.29, 0.717) is 24.7 Å². The van der Waals surface area contributed by atoms with E-state index in [2.05, 4.69) is 4.90 Å². The first-order chi connectivity index (χ1) is 10.4. The zero-order valence-corrected chi connectivity index (χ0v) is 13.9. The maximum atomic E-state index is 11.6. The molecule has 3 rings (SSSR count). The predicted molar refractivity (Wildman–Crippen MR) is 85.5 cm³/mol. The van der Waals surface area contributed by atoms with Crippen molar-refractivity contribution in [3.63, 3.8) is 0 Å². The second-order valence-electron chi connectivity index (χ2n) is 5.34. The van der Waals surface area contributed by atoms with Crippen LogP contribution in [0.2, 0.25) is 0 Å². The van der Waals surface area contributed by atoms with E-state index < -0.39 is 10.0 Å². The van der Waals surface area contributed by atoms with E-state index in [-0.39, 0.29) is 4.90 Å². The minimum atomic E-state index is -3.74. The summed E-state index contributed by atoms with van der Waals surface area (Å²) in [6.45, 7) is 3.65. The van der Waals surface area contributed by atoms with Gasteiger partial charge in [-0.05, 0) is 30.4 Å². The zero-order chi connectivity index (χ0) is 15.9. The Hall–Kier alpha value is -1.26. The SMILES string of the molecule is Cn1c(=S)n(CN2CCOCC2)c2cc(S(N)(=O)=O)ccc21. The van der Waals surface area contributed by atoms with Gasteiger partial charge in [-0.1, -0.05) is 0 Å². The fourth-order valence-electron chi connectivity index (χ4n) is 2.65. The molecule has 0 spiro atoms. The number of imidazole rings is 1. The number of fused-ring (bicyclic) bond motifs is 1. The number of primary sulfonamides is 1. The maximum absolute atomic E-state index is 11.6. The van der Waals surface area contributed by atoms with Crippen molar-refractivity contribution in [2.24, 2.45) is 12.2 Å². The van der Waals surface area contributed by atoms with Crippen LogP contribution < -0.4 is 5.14 Å². The minimum absolute atomic E-state index is 0.0938. The molecule has 2 N–H and O–H groups in total. The maximum Gasteiger partial charge on any atom is 0.238 e. The van der Waals surface area contributed by atoms with Crippen LogP contribution in [-0.4, -0.2) is 48.8 Å². The third kappa shape index (κ3) is 2.82. The van der Waals surface area contributed by atoms with Gasteiger partial charge in [0.15, 0.2) is 4.77 Å². The van der Waals surface area contributed by atoms with Crippen molar-refractivity contribution in [1.82, 2.24) is 14.0 Å². The van der Waals surface area contributed by atoms with Crippen molar-refractivity contribution >= 4 is 33.3 Å². The Morgan fingerprint density at radius 1 is 1.27 bits per heavy atom. The summed E-state index contributed by atoms with van der Waals surface area (Å²) >= 11 is 5.49. The third-order valence-electron chi connectivity index (χ3n) is 3.89. The lowest BCUT2D eigenvalue weighted by Crippen LogP contribution is -2.37. The largest absolute Gasteiger partial charge is 0.379 e. The van der Waals surface area contributed by atoms with Crippen LogP contribution >= 0.6 is 12.2 Å². The summed E-state index contributed by atoms with van der Waals surface area (Å²) in [7, 11) is -1.87. The van der Waals surface area contributed by atoms with Gasteiger partial charge in [0.2, 0.25) is 10.0 Å². The lowest BCUT2D eigenvalue weighted by atomic mass is 10.3. The molecule has 0 saturated carbocycles. The molecule has 1 aromatic heterocycles. The number of sulfonamides is 1. The van der Waals surface area contributed by atoms with Gasteiger partial charge in [-0.25, -0.2) is 13.6 Å². The van der Waals surface area contributed by atoms with E-state index >= 15 is 0 Å². The summed E-state index contributed by atoms with van der Waals surface area (Å²) in [6.07, 6.45) is 0. The fraction of sp³-hybridized carbons (Fsp3) is 0.462. The van der Waals surface area contributed by atoms with Gasteiger partial charge in [0.1, 0.15) is 0 Å². The van der Waals surface area contributed by atoms with Gasteiger partial charge in [0, 0.05) is 20.1 Å². The molecular formula is C13H18N4O3S2. The second kappa shape index (κ2) is 5.74. The van der Waals surface area contributed by atoms with Crippen molar-refractivity contribution in [3.8, 4) is 0 Å². The Kier molecular flexibility index (Phi) is 4.08. The van der Waals surface area contributed by atoms with Crippen LogP contribution in [0.4, 0.5) is 0 Å². The van der Waals surface area contributed by atoms with Crippen LogP contribution in [0.3, 0.4) is 0 Å². The highest BCUT2D eigenvalue weighted by atomic mass is 32.2. The van der Waals surface area contributed by atoms with E-state index in [1.165, 1.54) is 6.07 Å². The average molecular weight is 342 g/mol. The average Bonchev–Trinajstić information content (AvgIpc) is 2.72. The highest BCUT2D eigenvalue weighted by molar-refractivity contribution is 7.89. The van der Waals surface area contributed by atoms with E-state index in [1.807, 2.05) is 16.2 Å². The molecule has 1 saturated heterocycles. The topological polar surface area (TPSA) is 82.5 Å². The number of aromatic nitrogens is 2. The predicted octanol–water partition coefficient (Wildman–Crippen LogP) is 0.646. The number of hydrogen-bond donors (Lipinski definition) is 1. The Morgan fingerprint density at radius 3 is 2.59 bits per heavy atom. The molecule has 1 aliphatic heterocycles. The number of ether oxygens (including phenoxy) is 1. The molecule has 0 amide bonds. The van der Waals surface area contributed by atoms with Crippen LogP contribution in [0.5, 0.6) is 0 Å². The van der Waals surface area contributed by atoms with E-state index in [4.69, 9.17) is 22.1 Å². The summed E-state index contributed by atoms with van der Waals surface area (Å²) in [6, 6.07) is 4.83. The number of nitrogens with two attached hydrogens (primary N) is 1. The number of nitrogens with zero attached hydrogens (tertiary/aromatic N) is 3. The van der Waals surface area contributed by atoms with Gasteiger partial charge in [-0.15, -0.1) is 0 Å². The number of hydrogen-bond acceptors (Lipinski definition) is 5. The standard InChI is InChI=1S/C13H18N4O3S2/c1-15-11-3-2-10(22(14,18)19)8-12(11)17(13(15)21)9-16-4-6-20-7-5-16/h2-3,8H,4-7,9H2,1H3,(H2,14,18,19). The fourth-order valence-corrected chi connectivity index (χ4v) is 3.43. The van der Waals surface area contributed by atoms with Gasteiger partial charge < -0.3 is 13.9 Å². The van der Waals surface area contributed by atoms with Crippen LogP contribution in [-0.2, 0) is 28.5 Å². The summed E-state index contributed by atoms with van der Waals surface area (Å²) in [5.41, 5.74) is 1.65. The molecule has 0 aliphatic carbocycles. The summed E-state index contributed by atoms with van der Waals surface area (Å²) in [5, 5.41) is 5.23. The van der Waals surface area contributed by atoms with Crippen molar-refractivity contribution in [2.75, 3.05) is 26.3 Å². The molecule has 1 fully saturated rings. The molecule has 9 heteroatoms. The number of rotatable bonds is 3. The van der Waals surface area contributed by atoms with Crippen LogP contribution in [0.25, 0.3) is 11.0 Å². The van der Waals surface area contributed by atoms with Crippen LogP contribution in [0, 0.1) is 4.77 Å². The van der Waals surface area contributed by atoms with Crippen molar-refractivity contribution in [2.45, 2.75) is 11.6 Å². The Balaban J connectivity index is 2.11. The summed E-state index contributed by atoms with van der Waals surface area (Å²) in [4.78, 5) is 2.32. The van der Waals surface area contributed by atoms with E-state index in [0.717, 1.165) is 24.1 Å². The molecule has 0 radical (unpaired) electrons. The normalized spacial score (nSPS) is 17.2. The van der Waals surface area contributed by atoms with Crippen LogP contribution in [0.1, 0.15) is 0 Å². The summed E-state index contributed by atoms with van der Waals surface area (Å²) in [5.74, 6) is 0. The van der Waals surface area contributed by atoms with Gasteiger partial charge in [-0.3, -0.25) is 4.90 Å². The number of aryl methyl sites for hydroxylation is 1. The molecule has 120 valence electrons.